The molecular weight excluding hydrogens is 352 g/mol. The molecule has 1 N–H and O–H groups in total. The van der Waals surface area contributed by atoms with Crippen LogP contribution >= 0.6 is 11.6 Å². The third-order valence-electron chi connectivity index (χ3n) is 3.08. The van der Waals surface area contributed by atoms with Crippen LogP contribution in [0.5, 0.6) is 11.6 Å². The number of ether oxygens (including phenoxy) is 1. The average Bonchev–Trinajstić information content (AvgIpc) is 3.00. The maximum Gasteiger partial charge on any atom is 0.243 e. The topological polar surface area (TPSA) is 97.8 Å². The number of aryl methyl sites for hydroxylation is 1. The van der Waals surface area contributed by atoms with Crippen LogP contribution in [-0.2, 0) is 9.84 Å². The van der Waals surface area contributed by atoms with Crippen molar-refractivity contribution in [3.63, 3.8) is 0 Å². The van der Waals surface area contributed by atoms with Crippen molar-refractivity contribution in [3.8, 4) is 23.0 Å². The van der Waals surface area contributed by atoms with Gasteiger partial charge >= 0.3 is 0 Å². The number of H-pyrrole nitrogens is 1. The first-order valence-corrected chi connectivity index (χ1v) is 9.14. The van der Waals surface area contributed by atoms with E-state index < -0.39 is 9.84 Å². The number of pyridine rings is 1. The molecule has 2 aromatic heterocycles. The summed E-state index contributed by atoms with van der Waals surface area (Å²) in [6.45, 7) is 1.82. The van der Waals surface area contributed by atoms with Crippen molar-refractivity contribution in [1.82, 2.24) is 20.2 Å². The molecule has 0 unspecified atom stereocenters. The summed E-state index contributed by atoms with van der Waals surface area (Å²) in [5, 5.41) is 6.73. The molecule has 0 saturated heterocycles. The monoisotopic (exact) mass is 364 g/mol. The first-order valence-electron chi connectivity index (χ1n) is 6.87. The summed E-state index contributed by atoms with van der Waals surface area (Å²) in [7, 11) is -3.48. The highest BCUT2D eigenvalue weighted by Gasteiger charge is 2.18. The van der Waals surface area contributed by atoms with E-state index in [1.54, 1.807) is 36.4 Å². The zero-order valence-corrected chi connectivity index (χ0v) is 14.4. The normalized spacial score (nSPS) is 11.5. The molecule has 3 aromatic rings. The molecule has 9 heteroatoms. The van der Waals surface area contributed by atoms with Crippen LogP contribution in [0.4, 0.5) is 0 Å². The van der Waals surface area contributed by atoms with Crippen molar-refractivity contribution in [2.45, 2.75) is 12.1 Å². The van der Waals surface area contributed by atoms with Gasteiger partial charge in [-0.3, -0.25) is 0 Å². The Morgan fingerprint density at radius 1 is 1.08 bits per heavy atom. The summed E-state index contributed by atoms with van der Waals surface area (Å²) < 4.78 is 28.9. The molecule has 0 saturated carbocycles. The second-order valence-electron chi connectivity index (χ2n) is 5.10. The molecule has 0 aliphatic carbocycles. The van der Waals surface area contributed by atoms with Gasteiger partial charge in [-0.15, -0.1) is 0 Å². The summed E-state index contributed by atoms with van der Waals surface area (Å²) in [6, 6.07) is 10.3. The highest BCUT2D eigenvalue weighted by atomic mass is 35.5. The van der Waals surface area contributed by atoms with Crippen LogP contribution < -0.4 is 4.74 Å². The van der Waals surface area contributed by atoms with Crippen molar-refractivity contribution in [2.24, 2.45) is 0 Å². The van der Waals surface area contributed by atoms with E-state index in [1.807, 2.05) is 6.92 Å². The summed E-state index contributed by atoms with van der Waals surface area (Å²) in [4.78, 5) is 8.34. The smallest absolute Gasteiger partial charge is 0.243 e. The number of hydrogen-bond donors (Lipinski definition) is 1. The molecule has 0 radical (unpaired) electrons. The number of nitrogens with one attached hydrogen (secondary N) is 1. The number of aromatic amines is 1. The van der Waals surface area contributed by atoms with Gasteiger partial charge in [0, 0.05) is 17.0 Å². The van der Waals surface area contributed by atoms with E-state index in [2.05, 4.69) is 20.2 Å². The lowest BCUT2D eigenvalue weighted by atomic mass is 10.2. The molecule has 0 amide bonds. The minimum Gasteiger partial charge on any atom is -0.438 e. The lowest BCUT2D eigenvalue weighted by Gasteiger charge is -2.09. The third-order valence-corrected chi connectivity index (χ3v) is 4.22. The van der Waals surface area contributed by atoms with E-state index in [9.17, 15) is 8.42 Å². The number of aromatic nitrogens is 4. The summed E-state index contributed by atoms with van der Waals surface area (Å²) in [5.41, 5.74) is 1.21. The Labute approximate surface area is 143 Å². The zero-order chi connectivity index (χ0) is 17.3. The van der Waals surface area contributed by atoms with Gasteiger partial charge in [-0.1, -0.05) is 11.6 Å². The number of hydrogen-bond acceptors (Lipinski definition) is 6. The van der Waals surface area contributed by atoms with Crippen molar-refractivity contribution in [1.29, 1.82) is 0 Å². The van der Waals surface area contributed by atoms with Crippen LogP contribution in [0, 0.1) is 6.92 Å². The van der Waals surface area contributed by atoms with Gasteiger partial charge in [0.05, 0.1) is 5.56 Å². The van der Waals surface area contributed by atoms with Gasteiger partial charge in [-0.2, -0.15) is 10.1 Å². The molecule has 124 valence electrons. The van der Waals surface area contributed by atoms with Crippen molar-refractivity contribution >= 4 is 21.4 Å². The minimum absolute atomic E-state index is 0.187. The summed E-state index contributed by atoms with van der Waals surface area (Å²) in [5.74, 6) is 1.00. The predicted octanol–water partition coefficient (Wildman–Crippen LogP) is 3.02. The lowest BCUT2D eigenvalue weighted by Crippen LogP contribution is -1.99. The maximum atomic E-state index is 11.5. The fraction of sp³-hybridized carbons (Fsp3) is 0.133. The molecule has 7 nitrogen and oxygen atoms in total. The predicted molar refractivity (Wildman–Crippen MR) is 89.0 cm³/mol. The van der Waals surface area contributed by atoms with Gasteiger partial charge in [0.15, 0.2) is 5.82 Å². The number of benzene rings is 1. The van der Waals surface area contributed by atoms with Gasteiger partial charge in [0.1, 0.15) is 5.75 Å². The fourth-order valence-corrected chi connectivity index (χ4v) is 2.52. The van der Waals surface area contributed by atoms with Crippen molar-refractivity contribution in [2.75, 3.05) is 6.26 Å². The maximum absolute atomic E-state index is 11.5. The van der Waals surface area contributed by atoms with Crippen molar-refractivity contribution in [3.05, 3.63) is 47.1 Å². The summed E-state index contributed by atoms with van der Waals surface area (Å²) in [6.07, 6.45) is 1.05. The van der Waals surface area contributed by atoms with E-state index in [0.29, 0.717) is 16.3 Å². The third kappa shape index (κ3) is 3.55. The lowest BCUT2D eigenvalue weighted by molar-refractivity contribution is 0.463. The molecule has 0 bridgehead atoms. The molecule has 0 atom stereocenters. The van der Waals surface area contributed by atoms with Gasteiger partial charge in [-0.25, -0.2) is 18.5 Å². The van der Waals surface area contributed by atoms with E-state index in [0.717, 1.165) is 11.9 Å². The first kappa shape index (κ1) is 16.4. The Morgan fingerprint density at radius 3 is 2.42 bits per heavy atom. The second-order valence-corrected chi connectivity index (χ2v) is 7.47. The Morgan fingerprint density at radius 2 is 1.79 bits per heavy atom. The Hall–Kier alpha value is -2.45. The van der Waals surface area contributed by atoms with Crippen LogP contribution in [0.1, 0.15) is 5.69 Å². The van der Waals surface area contributed by atoms with E-state index in [-0.39, 0.29) is 16.9 Å². The minimum atomic E-state index is -3.48. The van der Waals surface area contributed by atoms with Crippen LogP contribution in [0.3, 0.4) is 0 Å². The van der Waals surface area contributed by atoms with Crippen LogP contribution in [0.15, 0.2) is 41.6 Å². The second kappa shape index (κ2) is 6.21. The number of sulfone groups is 1. The molecular formula is C15H13ClN4O3S. The molecule has 0 fully saturated rings. The Bertz CT molecular complexity index is 984. The molecule has 2 heterocycles. The molecule has 1 aromatic carbocycles. The number of nitrogens with zero attached hydrogens (tertiary/aromatic N) is 3. The van der Waals surface area contributed by atoms with E-state index >= 15 is 0 Å². The van der Waals surface area contributed by atoms with Crippen LogP contribution in [0.25, 0.3) is 11.4 Å². The summed E-state index contributed by atoms with van der Waals surface area (Å²) >= 11 is 5.86. The van der Waals surface area contributed by atoms with Gasteiger partial charge in [0.25, 0.3) is 0 Å². The SMILES string of the molecule is Cc1ccc(-c2n[nH]c(S(C)(=O)=O)n2)c(Oc2ccc(Cl)cc2)n1. The number of halogens is 1. The zero-order valence-electron chi connectivity index (χ0n) is 12.8. The highest BCUT2D eigenvalue weighted by molar-refractivity contribution is 7.90. The molecule has 0 spiro atoms. The fourth-order valence-electron chi connectivity index (χ4n) is 1.93. The van der Waals surface area contributed by atoms with E-state index in [4.69, 9.17) is 16.3 Å². The largest absolute Gasteiger partial charge is 0.438 e. The molecule has 0 aliphatic rings. The average molecular weight is 365 g/mol. The quantitative estimate of drug-likeness (QED) is 0.764. The Kier molecular flexibility index (Phi) is 4.25. The first-order chi connectivity index (χ1) is 11.3. The molecule has 3 rings (SSSR count). The molecule has 24 heavy (non-hydrogen) atoms. The van der Waals surface area contributed by atoms with Gasteiger partial charge in [-0.05, 0) is 43.3 Å². The number of rotatable bonds is 4. The van der Waals surface area contributed by atoms with E-state index in [1.165, 1.54) is 0 Å². The standard InChI is InChI=1S/C15H13ClN4O3S/c1-9-3-8-12(13-18-15(20-19-13)24(2,21)22)14(17-9)23-11-6-4-10(16)5-7-11/h3-8H,1-2H3,(H,18,19,20). The van der Waals surface area contributed by atoms with Crippen LogP contribution in [-0.4, -0.2) is 34.8 Å². The highest BCUT2D eigenvalue weighted by Crippen LogP contribution is 2.30. The van der Waals surface area contributed by atoms with Gasteiger partial charge in [0.2, 0.25) is 20.9 Å². The van der Waals surface area contributed by atoms with Gasteiger partial charge < -0.3 is 4.74 Å². The molecule has 0 aliphatic heterocycles. The Balaban J connectivity index is 2.02. The van der Waals surface area contributed by atoms with Crippen molar-refractivity contribution < 1.29 is 13.2 Å². The van der Waals surface area contributed by atoms with Crippen LogP contribution in [0.2, 0.25) is 5.02 Å².